The van der Waals surface area contributed by atoms with E-state index in [0.717, 1.165) is 0 Å². The molecule has 1 fully saturated rings. The quantitative estimate of drug-likeness (QED) is 0.676. The Kier molecular flexibility index (Phi) is 8.43. The highest BCUT2D eigenvalue weighted by Crippen LogP contribution is 2.40. The highest BCUT2D eigenvalue weighted by atomic mass is 32.1. The Morgan fingerprint density at radius 2 is 1.50 bits per heavy atom. The first kappa shape index (κ1) is 17.6. The Bertz CT molecular complexity index is 324. The van der Waals surface area contributed by atoms with Gasteiger partial charge in [0, 0.05) is 0 Å². The first-order valence-corrected chi connectivity index (χ1v) is 7.30. The third-order valence-electron chi connectivity index (χ3n) is 3.93. The molecule has 0 nitrogen and oxygen atoms in total. The number of aryl methyl sites for hydroxylation is 1. The molecule has 2 rings (SSSR count). The standard InChI is InChI=1S/C15H22.C2H6.H2S/c1-3-13-8-4-5-9-14(13)12-15(2)10-6-7-11-15;1-2;/h4-5,8-9H,3,6-7,10-12H2,1-2H3;1-2H3;1H2. The SMILES string of the molecule is CC.CCc1ccccc1CC1(C)CCCC1.S. The molecule has 1 heteroatoms. The lowest BCUT2D eigenvalue weighted by Gasteiger charge is -2.24. The van der Waals surface area contributed by atoms with Crippen molar-refractivity contribution in [3.8, 4) is 0 Å². The maximum Gasteiger partial charge on any atom is -0.0222 e. The van der Waals surface area contributed by atoms with Gasteiger partial charge in [0.2, 0.25) is 0 Å². The summed E-state index contributed by atoms with van der Waals surface area (Å²) in [4.78, 5) is 0. The fraction of sp³-hybridized carbons (Fsp3) is 0.647. The topological polar surface area (TPSA) is 0 Å². The molecule has 1 saturated carbocycles. The second-order valence-corrected chi connectivity index (χ2v) is 5.32. The third-order valence-corrected chi connectivity index (χ3v) is 3.93. The van der Waals surface area contributed by atoms with E-state index in [1.54, 1.807) is 11.1 Å². The molecule has 104 valence electrons. The van der Waals surface area contributed by atoms with Gasteiger partial charge in [-0.25, -0.2) is 0 Å². The lowest BCUT2D eigenvalue weighted by molar-refractivity contribution is 0.333. The smallest absolute Gasteiger partial charge is 0.0222 e. The van der Waals surface area contributed by atoms with E-state index in [0.29, 0.717) is 5.41 Å². The van der Waals surface area contributed by atoms with Gasteiger partial charge in [0.05, 0.1) is 0 Å². The minimum Gasteiger partial charge on any atom is -0.197 e. The predicted molar refractivity (Wildman–Crippen MR) is 87.8 cm³/mol. The first-order chi connectivity index (χ1) is 8.23. The van der Waals surface area contributed by atoms with Crippen LogP contribution in [0.1, 0.15) is 64.5 Å². The Labute approximate surface area is 121 Å². The Morgan fingerprint density at radius 3 is 2.00 bits per heavy atom. The van der Waals surface area contributed by atoms with Crippen LogP contribution in [-0.4, -0.2) is 0 Å². The zero-order valence-corrected chi connectivity index (χ0v) is 13.6. The van der Waals surface area contributed by atoms with Crippen LogP contribution in [0.5, 0.6) is 0 Å². The van der Waals surface area contributed by atoms with Gasteiger partial charge >= 0.3 is 0 Å². The largest absolute Gasteiger partial charge is 0.197 e. The van der Waals surface area contributed by atoms with Crippen LogP contribution in [-0.2, 0) is 12.8 Å². The van der Waals surface area contributed by atoms with Crippen LogP contribution in [0.25, 0.3) is 0 Å². The predicted octanol–water partition coefficient (Wildman–Crippen LogP) is 5.51. The molecule has 0 atom stereocenters. The van der Waals surface area contributed by atoms with Crippen molar-refractivity contribution in [3.63, 3.8) is 0 Å². The van der Waals surface area contributed by atoms with Gasteiger partial charge in [0.1, 0.15) is 0 Å². The Morgan fingerprint density at radius 1 is 1.00 bits per heavy atom. The van der Waals surface area contributed by atoms with Crippen molar-refractivity contribution in [1.82, 2.24) is 0 Å². The van der Waals surface area contributed by atoms with Crippen molar-refractivity contribution in [1.29, 1.82) is 0 Å². The van der Waals surface area contributed by atoms with Gasteiger partial charge < -0.3 is 0 Å². The van der Waals surface area contributed by atoms with Gasteiger partial charge in [-0.1, -0.05) is 64.8 Å². The summed E-state index contributed by atoms with van der Waals surface area (Å²) in [5, 5.41) is 0. The van der Waals surface area contributed by atoms with E-state index in [2.05, 4.69) is 38.1 Å². The van der Waals surface area contributed by atoms with Crippen molar-refractivity contribution in [3.05, 3.63) is 35.4 Å². The molecule has 1 aliphatic rings. The summed E-state index contributed by atoms with van der Waals surface area (Å²) in [6, 6.07) is 8.96. The second-order valence-electron chi connectivity index (χ2n) is 5.32. The fourth-order valence-corrected chi connectivity index (χ4v) is 2.94. The number of rotatable bonds is 3. The van der Waals surface area contributed by atoms with Gasteiger partial charge in [-0.2, -0.15) is 13.5 Å². The maximum atomic E-state index is 2.46. The Hall–Kier alpha value is -0.430. The van der Waals surface area contributed by atoms with Crippen LogP contribution in [0.2, 0.25) is 0 Å². The first-order valence-electron chi connectivity index (χ1n) is 7.30. The van der Waals surface area contributed by atoms with Crippen molar-refractivity contribution in [2.45, 2.75) is 66.2 Å². The fourth-order valence-electron chi connectivity index (χ4n) is 2.94. The molecule has 0 N–H and O–H groups in total. The normalized spacial score (nSPS) is 16.4. The second kappa shape index (κ2) is 8.63. The summed E-state index contributed by atoms with van der Waals surface area (Å²) in [7, 11) is 0. The summed E-state index contributed by atoms with van der Waals surface area (Å²) in [6.07, 6.45) is 8.18. The molecule has 0 aromatic heterocycles. The third kappa shape index (κ3) is 4.68. The van der Waals surface area contributed by atoms with Crippen LogP contribution in [0.3, 0.4) is 0 Å². The molecule has 0 aliphatic heterocycles. The summed E-state index contributed by atoms with van der Waals surface area (Å²) in [5.41, 5.74) is 3.72. The van der Waals surface area contributed by atoms with Crippen LogP contribution in [0.15, 0.2) is 24.3 Å². The highest BCUT2D eigenvalue weighted by Gasteiger charge is 2.29. The van der Waals surface area contributed by atoms with E-state index in [1.165, 1.54) is 38.5 Å². The average Bonchev–Trinajstić information content (AvgIpc) is 2.79. The zero-order chi connectivity index (χ0) is 12.7. The summed E-state index contributed by atoms with van der Waals surface area (Å²) in [6.45, 7) is 8.72. The van der Waals surface area contributed by atoms with Crippen molar-refractivity contribution in [2.75, 3.05) is 0 Å². The lowest BCUT2D eigenvalue weighted by atomic mass is 9.81. The van der Waals surface area contributed by atoms with Crippen LogP contribution in [0, 0.1) is 5.41 Å². The molecule has 0 bridgehead atoms. The van der Waals surface area contributed by atoms with Gasteiger partial charge in [0.15, 0.2) is 0 Å². The molecule has 0 saturated heterocycles. The van der Waals surface area contributed by atoms with Crippen LogP contribution >= 0.6 is 13.5 Å². The van der Waals surface area contributed by atoms with Crippen LogP contribution < -0.4 is 0 Å². The van der Waals surface area contributed by atoms with E-state index >= 15 is 0 Å². The minimum atomic E-state index is 0. The van der Waals surface area contributed by atoms with E-state index in [4.69, 9.17) is 0 Å². The molecule has 0 amide bonds. The molecular formula is C17H30S. The summed E-state index contributed by atoms with van der Waals surface area (Å²) >= 11 is 0. The van der Waals surface area contributed by atoms with Gasteiger partial charge in [-0.3, -0.25) is 0 Å². The van der Waals surface area contributed by atoms with Gasteiger partial charge in [-0.15, -0.1) is 0 Å². The number of hydrogen-bond donors (Lipinski definition) is 0. The lowest BCUT2D eigenvalue weighted by Crippen LogP contribution is -2.15. The number of hydrogen-bond acceptors (Lipinski definition) is 0. The van der Waals surface area contributed by atoms with Crippen molar-refractivity contribution in [2.24, 2.45) is 5.41 Å². The molecule has 1 aliphatic carbocycles. The maximum absolute atomic E-state index is 2.46. The van der Waals surface area contributed by atoms with Crippen molar-refractivity contribution < 1.29 is 0 Å². The van der Waals surface area contributed by atoms with Gasteiger partial charge in [0.25, 0.3) is 0 Å². The monoisotopic (exact) mass is 266 g/mol. The van der Waals surface area contributed by atoms with Crippen molar-refractivity contribution >= 4 is 13.5 Å². The zero-order valence-electron chi connectivity index (χ0n) is 12.6. The number of benzene rings is 1. The molecule has 1 aromatic rings. The van der Waals surface area contributed by atoms with E-state index < -0.39 is 0 Å². The van der Waals surface area contributed by atoms with E-state index in [9.17, 15) is 0 Å². The minimum absolute atomic E-state index is 0. The molecule has 1 aromatic carbocycles. The van der Waals surface area contributed by atoms with Gasteiger partial charge in [-0.05, 0) is 42.2 Å². The molecule has 0 spiro atoms. The molecule has 0 unspecified atom stereocenters. The van der Waals surface area contributed by atoms with Crippen LogP contribution in [0.4, 0.5) is 0 Å². The van der Waals surface area contributed by atoms with E-state index in [-0.39, 0.29) is 13.5 Å². The molecular weight excluding hydrogens is 236 g/mol. The summed E-state index contributed by atoms with van der Waals surface area (Å²) in [5.74, 6) is 0. The van der Waals surface area contributed by atoms with E-state index in [1.807, 2.05) is 13.8 Å². The molecule has 0 heterocycles. The average molecular weight is 266 g/mol. The highest BCUT2D eigenvalue weighted by molar-refractivity contribution is 7.59. The Balaban J connectivity index is 0.000000917. The molecule has 18 heavy (non-hydrogen) atoms. The summed E-state index contributed by atoms with van der Waals surface area (Å²) < 4.78 is 0. The molecule has 0 radical (unpaired) electrons.